The van der Waals surface area contributed by atoms with Gasteiger partial charge < -0.3 is 5.32 Å². The van der Waals surface area contributed by atoms with Crippen LogP contribution < -0.4 is 10.2 Å². The number of anilines is 2. The van der Waals surface area contributed by atoms with E-state index in [9.17, 15) is 18.8 Å². The van der Waals surface area contributed by atoms with Crippen LogP contribution >= 0.6 is 0 Å². The van der Waals surface area contributed by atoms with E-state index in [2.05, 4.69) is 15.7 Å². The number of hydrogen-bond acceptors (Lipinski definition) is 6. The summed E-state index contributed by atoms with van der Waals surface area (Å²) in [7, 11) is 0. The van der Waals surface area contributed by atoms with E-state index in [4.69, 9.17) is 0 Å². The quantitative estimate of drug-likeness (QED) is 0.786. The van der Waals surface area contributed by atoms with Gasteiger partial charge in [0.25, 0.3) is 11.8 Å². The SMILES string of the molecule is CCc1ccc(N2C(=O)[C@H]3N=NN(CC(=O)Nc4cccc(F)c4)[C@H]3C2=O)cc1. The van der Waals surface area contributed by atoms with E-state index in [0.29, 0.717) is 5.69 Å². The number of carbonyl (C=O) groups is 3. The normalized spacial score (nSPS) is 20.3. The van der Waals surface area contributed by atoms with Gasteiger partial charge in [-0.15, -0.1) is 0 Å². The minimum atomic E-state index is -0.977. The number of rotatable bonds is 5. The molecule has 1 saturated heterocycles. The third-order valence-electron chi connectivity index (χ3n) is 4.87. The molecule has 29 heavy (non-hydrogen) atoms. The van der Waals surface area contributed by atoms with Gasteiger partial charge >= 0.3 is 0 Å². The summed E-state index contributed by atoms with van der Waals surface area (Å²) in [6.45, 7) is 1.72. The van der Waals surface area contributed by atoms with Crippen LogP contribution in [-0.4, -0.2) is 41.4 Å². The largest absolute Gasteiger partial charge is 0.324 e. The summed E-state index contributed by atoms with van der Waals surface area (Å²) in [6.07, 6.45) is 0.843. The Kier molecular flexibility index (Phi) is 4.79. The Morgan fingerprint density at radius 2 is 1.90 bits per heavy atom. The molecule has 4 rings (SSSR count). The van der Waals surface area contributed by atoms with Gasteiger partial charge in [0.2, 0.25) is 5.91 Å². The maximum Gasteiger partial charge on any atom is 0.263 e. The molecule has 3 amide bonds. The first-order valence-corrected chi connectivity index (χ1v) is 9.17. The average Bonchev–Trinajstić information content (AvgIpc) is 3.22. The summed E-state index contributed by atoms with van der Waals surface area (Å²) in [5, 5.41) is 11.5. The molecule has 0 bridgehead atoms. The fourth-order valence-electron chi connectivity index (χ4n) is 3.40. The van der Waals surface area contributed by atoms with Crippen LogP contribution in [0.2, 0.25) is 0 Å². The number of nitrogens with zero attached hydrogens (tertiary/aromatic N) is 4. The third kappa shape index (κ3) is 3.46. The van der Waals surface area contributed by atoms with Gasteiger partial charge in [0.15, 0.2) is 12.1 Å². The molecule has 2 aromatic rings. The van der Waals surface area contributed by atoms with Gasteiger partial charge in [-0.05, 0) is 42.3 Å². The van der Waals surface area contributed by atoms with E-state index < -0.39 is 35.6 Å². The van der Waals surface area contributed by atoms with Crippen molar-refractivity contribution in [3.05, 3.63) is 59.9 Å². The molecular weight excluding hydrogens is 377 g/mol. The third-order valence-corrected chi connectivity index (χ3v) is 4.87. The molecule has 8 nitrogen and oxygen atoms in total. The topological polar surface area (TPSA) is 94.4 Å². The monoisotopic (exact) mass is 395 g/mol. The summed E-state index contributed by atoms with van der Waals surface area (Å²) in [6, 6.07) is 10.7. The van der Waals surface area contributed by atoms with Gasteiger partial charge in [0, 0.05) is 5.69 Å². The number of hydrogen-bond donors (Lipinski definition) is 1. The fraction of sp³-hybridized carbons (Fsp3) is 0.250. The van der Waals surface area contributed by atoms with E-state index in [0.717, 1.165) is 16.9 Å². The minimum Gasteiger partial charge on any atom is -0.324 e. The molecule has 1 N–H and O–H groups in total. The predicted molar refractivity (Wildman–Crippen MR) is 102 cm³/mol. The Morgan fingerprint density at radius 1 is 1.14 bits per heavy atom. The average molecular weight is 395 g/mol. The minimum absolute atomic E-state index is 0.286. The molecular formula is C20H18FN5O3. The van der Waals surface area contributed by atoms with Crippen molar-refractivity contribution in [3.63, 3.8) is 0 Å². The number of halogens is 1. The zero-order chi connectivity index (χ0) is 20.5. The maximum absolute atomic E-state index is 13.3. The van der Waals surface area contributed by atoms with E-state index >= 15 is 0 Å². The van der Waals surface area contributed by atoms with Crippen molar-refractivity contribution >= 4 is 29.1 Å². The Labute approximate surface area is 166 Å². The standard InChI is InChI=1S/C20H18FN5O3/c1-2-12-6-8-15(9-7-12)26-19(28)17-18(20(26)29)25(24-23-17)11-16(27)22-14-5-3-4-13(21)10-14/h3-10,17-18H,2,11H2,1H3,(H,22,27)/t17-,18+/m0/s1. The van der Waals surface area contributed by atoms with Gasteiger partial charge in [-0.3, -0.25) is 19.4 Å². The zero-order valence-electron chi connectivity index (χ0n) is 15.6. The van der Waals surface area contributed by atoms with Crippen LogP contribution in [0.5, 0.6) is 0 Å². The van der Waals surface area contributed by atoms with E-state index in [1.54, 1.807) is 18.2 Å². The van der Waals surface area contributed by atoms with E-state index in [1.807, 2.05) is 19.1 Å². The van der Waals surface area contributed by atoms with Crippen LogP contribution in [0.3, 0.4) is 0 Å². The van der Waals surface area contributed by atoms with E-state index in [1.165, 1.54) is 23.2 Å². The molecule has 2 aliphatic rings. The highest BCUT2D eigenvalue weighted by molar-refractivity contribution is 6.25. The number of imide groups is 1. The number of carbonyl (C=O) groups excluding carboxylic acids is 3. The van der Waals surface area contributed by atoms with Crippen LogP contribution in [0.25, 0.3) is 0 Å². The molecule has 2 aliphatic heterocycles. The summed E-state index contributed by atoms with van der Waals surface area (Å²) >= 11 is 0. The molecule has 0 radical (unpaired) electrons. The van der Waals surface area contributed by atoms with Crippen LogP contribution in [-0.2, 0) is 20.8 Å². The van der Waals surface area contributed by atoms with Crippen LogP contribution in [0.15, 0.2) is 58.9 Å². The Balaban J connectivity index is 1.48. The highest BCUT2D eigenvalue weighted by atomic mass is 19.1. The van der Waals surface area contributed by atoms with Crippen molar-refractivity contribution in [2.24, 2.45) is 10.3 Å². The lowest BCUT2D eigenvalue weighted by molar-refractivity contribution is -0.123. The summed E-state index contributed by atoms with van der Waals surface area (Å²) in [5.74, 6) is -1.93. The van der Waals surface area contributed by atoms with Crippen molar-refractivity contribution < 1.29 is 18.8 Å². The second kappa shape index (κ2) is 7.42. The molecule has 0 spiro atoms. The van der Waals surface area contributed by atoms with Gasteiger partial charge in [0.1, 0.15) is 12.4 Å². The molecule has 0 saturated carbocycles. The summed E-state index contributed by atoms with van der Waals surface area (Å²) in [4.78, 5) is 39.0. The lowest BCUT2D eigenvalue weighted by atomic mass is 10.1. The molecule has 0 unspecified atom stereocenters. The smallest absolute Gasteiger partial charge is 0.263 e. The van der Waals surface area contributed by atoms with Gasteiger partial charge in [0.05, 0.1) is 5.69 Å². The lowest BCUT2D eigenvalue weighted by Crippen LogP contribution is -2.43. The Morgan fingerprint density at radius 3 is 2.59 bits per heavy atom. The molecule has 2 aromatic carbocycles. The van der Waals surface area contributed by atoms with Crippen LogP contribution in [0.4, 0.5) is 15.8 Å². The molecule has 2 atom stereocenters. The number of amides is 3. The van der Waals surface area contributed by atoms with Crippen LogP contribution in [0.1, 0.15) is 12.5 Å². The predicted octanol–water partition coefficient (Wildman–Crippen LogP) is 2.32. The molecule has 2 heterocycles. The van der Waals surface area contributed by atoms with Crippen LogP contribution in [0, 0.1) is 5.82 Å². The highest BCUT2D eigenvalue weighted by Gasteiger charge is 2.55. The van der Waals surface area contributed by atoms with Crippen molar-refractivity contribution in [1.82, 2.24) is 5.01 Å². The molecule has 0 aliphatic carbocycles. The molecule has 148 valence electrons. The van der Waals surface area contributed by atoms with Gasteiger partial charge in [-0.1, -0.05) is 30.3 Å². The van der Waals surface area contributed by atoms with Gasteiger partial charge in [-0.2, -0.15) is 5.11 Å². The number of aryl methyl sites for hydroxylation is 1. The summed E-state index contributed by atoms with van der Waals surface area (Å²) in [5.41, 5.74) is 1.84. The fourth-order valence-corrected chi connectivity index (χ4v) is 3.40. The van der Waals surface area contributed by atoms with Crippen molar-refractivity contribution in [2.45, 2.75) is 25.4 Å². The Hall–Kier alpha value is -3.62. The molecule has 0 aromatic heterocycles. The first kappa shape index (κ1) is 18.7. The Bertz CT molecular complexity index is 1010. The molecule has 9 heteroatoms. The van der Waals surface area contributed by atoms with E-state index in [-0.39, 0.29) is 12.2 Å². The number of fused-ring (bicyclic) bond motifs is 1. The second-order valence-corrected chi connectivity index (χ2v) is 6.78. The second-order valence-electron chi connectivity index (χ2n) is 6.78. The summed E-state index contributed by atoms with van der Waals surface area (Å²) < 4.78 is 13.3. The zero-order valence-corrected chi connectivity index (χ0v) is 15.6. The van der Waals surface area contributed by atoms with Crippen molar-refractivity contribution in [2.75, 3.05) is 16.8 Å². The lowest BCUT2D eigenvalue weighted by Gasteiger charge is -2.20. The number of nitrogens with one attached hydrogen (secondary N) is 1. The van der Waals surface area contributed by atoms with Crippen molar-refractivity contribution in [1.29, 1.82) is 0 Å². The first-order chi connectivity index (χ1) is 14.0. The first-order valence-electron chi connectivity index (χ1n) is 9.17. The molecule has 1 fully saturated rings. The highest BCUT2D eigenvalue weighted by Crippen LogP contribution is 2.31. The van der Waals surface area contributed by atoms with Crippen molar-refractivity contribution in [3.8, 4) is 0 Å². The maximum atomic E-state index is 13.3. The number of benzene rings is 2. The van der Waals surface area contributed by atoms with Gasteiger partial charge in [-0.25, -0.2) is 9.29 Å².